The second-order valence-electron chi connectivity index (χ2n) is 6.08. The van der Waals surface area contributed by atoms with Crippen LogP contribution in [0.1, 0.15) is 32.6 Å². The third-order valence-corrected chi connectivity index (χ3v) is 4.08. The van der Waals surface area contributed by atoms with Crippen molar-refractivity contribution < 1.29 is 9.53 Å². The number of likely N-dealkylation sites (N-methyl/N-ethyl adjacent to an activating group) is 1. The number of ether oxygens (including phenoxy) is 1. The quantitative estimate of drug-likeness (QED) is 0.636. The Morgan fingerprint density at radius 2 is 1.72 bits per heavy atom. The van der Waals surface area contributed by atoms with Crippen molar-refractivity contribution in [2.24, 2.45) is 0 Å². The average Bonchev–Trinajstić information content (AvgIpc) is 2.67. The first-order valence-corrected chi connectivity index (χ1v) is 8.99. The highest BCUT2D eigenvalue weighted by Gasteiger charge is 2.09. The van der Waals surface area contributed by atoms with Crippen LogP contribution in [0.5, 0.6) is 5.75 Å². The van der Waals surface area contributed by atoms with Crippen LogP contribution in [0.3, 0.4) is 0 Å². The fraction of sp³-hybridized carbons (Fsp3) is 0.381. The van der Waals surface area contributed by atoms with Crippen molar-refractivity contribution in [1.29, 1.82) is 0 Å². The zero-order valence-corrected chi connectivity index (χ0v) is 15.2. The van der Waals surface area contributed by atoms with Gasteiger partial charge in [-0.05, 0) is 42.8 Å². The number of nitrogens with one attached hydrogen (secondary N) is 1. The average molecular weight is 340 g/mol. The first-order chi connectivity index (χ1) is 12.2. The van der Waals surface area contributed by atoms with E-state index in [0.717, 1.165) is 30.2 Å². The molecule has 2 aromatic carbocycles. The number of hydrogen-bond acceptors (Lipinski definition) is 3. The van der Waals surface area contributed by atoms with Gasteiger partial charge in [0.15, 0.2) is 0 Å². The third-order valence-electron chi connectivity index (χ3n) is 4.08. The molecule has 0 unspecified atom stereocenters. The fourth-order valence-corrected chi connectivity index (χ4v) is 2.48. The van der Waals surface area contributed by atoms with E-state index >= 15 is 0 Å². The van der Waals surface area contributed by atoms with Gasteiger partial charge in [0.05, 0.1) is 13.2 Å². The fourth-order valence-electron chi connectivity index (χ4n) is 2.48. The first kappa shape index (κ1) is 18.8. The summed E-state index contributed by atoms with van der Waals surface area (Å²) in [6.45, 7) is 3.21. The van der Waals surface area contributed by atoms with Crippen molar-refractivity contribution in [3.8, 4) is 5.75 Å². The molecule has 4 heteroatoms. The summed E-state index contributed by atoms with van der Waals surface area (Å²) in [5.74, 6) is 0.886. The van der Waals surface area contributed by atoms with Crippen molar-refractivity contribution in [3.05, 3.63) is 54.6 Å². The van der Waals surface area contributed by atoms with Crippen LogP contribution in [0.25, 0.3) is 0 Å². The number of anilines is 2. The van der Waals surface area contributed by atoms with Crippen LogP contribution in [0.2, 0.25) is 0 Å². The van der Waals surface area contributed by atoms with Gasteiger partial charge in [0.2, 0.25) is 5.91 Å². The molecule has 2 aromatic rings. The van der Waals surface area contributed by atoms with Crippen LogP contribution in [-0.4, -0.2) is 26.1 Å². The highest BCUT2D eigenvalue weighted by atomic mass is 16.5. The lowest BCUT2D eigenvalue weighted by Crippen LogP contribution is -2.32. The molecular weight excluding hydrogens is 312 g/mol. The Bertz CT molecular complexity index is 626. The standard InChI is InChI=1S/C21H28N2O2/c1-3-4-5-9-16-25-20-14-12-18(13-15-20)22-17-21(24)23(2)19-10-7-6-8-11-19/h6-8,10-15,22H,3-5,9,16-17H2,1-2H3. The normalized spacial score (nSPS) is 10.3. The van der Waals surface area contributed by atoms with E-state index in [2.05, 4.69) is 12.2 Å². The summed E-state index contributed by atoms with van der Waals surface area (Å²) < 4.78 is 5.73. The van der Waals surface area contributed by atoms with Gasteiger partial charge < -0.3 is 15.0 Å². The minimum atomic E-state index is 0.0162. The Morgan fingerprint density at radius 3 is 2.40 bits per heavy atom. The molecule has 0 aliphatic carbocycles. The number of para-hydroxylation sites is 1. The number of unbranched alkanes of at least 4 members (excludes halogenated alkanes) is 3. The number of benzene rings is 2. The summed E-state index contributed by atoms with van der Waals surface area (Å²) in [6.07, 6.45) is 4.80. The van der Waals surface area contributed by atoms with Crippen molar-refractivity contribution in [1.82, 2.24) is 0 Å². The number of amides is 1. The predicted octanol–water partition coefficient (Wildman–Crippen LogP) is 4.72. The van der Waals surface area contributed by atoms with E-state index in [4.69, 9.17) is 4.74 Å². The van der Waals surface area contributed by atoms with Crippen LogP contribution >= 0.6 is 0 Å². The van der Waals surface area contributed by atoms with Gasteiger partial charge in [-0.1, -0.05) is 44.4 Å². The molecule has 1 N–H and O–H groups in total. The minimum Gasteiger partial charge on any atom is -0.494 e. The monoisotopic (exact) mass is 340 g/mol. The predicted molar refractivity (Wildman–Crippen MR) is 104 cm³/mol. The summed E-state index contributed by atoms with van der Waals surface area (Å²) in [4.78, 5) is 13.9. The molecular formula is C21H28N2O2. The molecule has 134 valence electrons. The molecule has 0 saturated carbocycles. The van der Waals surface area contributed by atoms with Gasteiger partial charge in [-0.25, -0.2) is 0 Å². The lowest BCUT2D eigenvalue weighted by Gasteiger charge is -2.18. The van der Waals surface area contributed by atoms with Crippen LogP contribution in [0, 0.1) is 0 Å². The van der Waals surface area contributed by atoms with Crippen LogP contribution in [0.4, 0.5) is 11.4 Å². The van der Waals surface area contributed by atoms with Crippen LogP contribution in [-0.2, 0) is 4.79 Å². The van der Waals surface area contributed by atoms with Gasteiger partial charge in [-0.2, -0.15) is 0 Å². The van der Waals surface area contributed by atoms with Gasteiger partial charge >= 0.3 is 0 Å². The van der Waals surface area contributed by atoms with E-state index in [1.54, 1.807) is 11.9 Å². The Hall–Kier alpha value is -2.49. The van der Waals surface area contributed by atoms with Crippen molar-refractivity contribution in [2.75, 3.05) is 30.4 Å². The van der Waals surface area contributed by atoms with E-state index in [-0.39, 0.29) is 12.5 Å². The third kappa shape index (κ3) is 6.49. The van der Waals surface area contributed by atoms with Gasteiger partial charge in [-0.3, -0.25) is 4.79 Å². The molecule has 0 aliphatic rings. The molecule has 2 rings (SSSR count). The lowest BCUT2D eigenvalue weighted by atomic mass is 10.2. The molecule has 1 amide bonds. The molecule has 0 fully saturated rings. The largest absolute Gasteiger partial charge is 0.494 e. The first-order valence-electron chi connectivity index (χ1n) is 8.99. The second kappa shape index (κ2) is 10.4. The molecule has 0 bridgehead atoms. The smallest absolute Gasteiger partial charge is 0.246 e. The molecule has 0 aromatic heterocycles. The number of hydrogen-bond donors (Lipinski definition) is 1. The van der Waals surface area contributed by atoms with Gasteiger partial charge in [0.25, 0.3) is 0 Å². The maximum atomic E-state index is 12.3. The summed E-state index contributed by atoms with van der Waals surface area (Å²) in [6, 6.07) is 17.4. The van der Waals surface area contributed by atoms with Gasteiger partial charge in [0.1, 0.15) is 5.75 Å². The zero-order chi connectivity index (χ0) is 17.9. The molecule has 0 radical (unpaired) electrons. The molecule has 0 spiro atoms. The number of carbonyl (C=O) groups is 1. The number of rotatable bonds is 10. The Kier molecular flexibility index (Phi) is 7.83. The summed E-state index contributed by atoms with van der Waals surface area (Å²) in [7, 11) is 1.79. The van der Waals surface area contributed by atoms with Crippen LogP contribution < -0.4 is 15.0 Å². The highest BCUT2D eigenvalue weighted by molar-refractivity contribution is 5.95. The Morgan fingerprint density at radius 1 is 1.00 bits per heavy atom. The molecule has 0 heterocycles. The van der Waals surface area contributed by atoms with E-state index in [0.29, 0.717) is 0 Å². The summed E-state index contributed by atoms with van der Waals surface area (Å²) in [5.41, 5.74) is 1.80. The summed E-state index contributed by atoms with van der Waals surface area (Å²) >= 11 is 0. The van der Waals surface area contributed by atoms with Crippen LogP contribution in [0.15, 0.2) is 54.6 Å². The molecule has 25 heavy (non-hydrogen) atoms. The lowest BCUT2D eigenvalue weighted by molar-refractivity contribution is -0.116. The molecule has 0 saturated heterocycles. The molecule has 0 atom stereocenters. The van der Waals surface area contributed by atoms with Crippen molar-refractivity contribution in [2.45, 2.75) is 32.6 Å². The number of carbonyl (C=O) groups excluding carboxylic acids is 1. The van der Waals surface area contributed by atoms with E-state index < -0.39 is 0 Å². The highest BCUT2D eigenvalue weighted by Crippen LogP contribution is 2.17. The maximum absolute atomic E-state index is 12.3. The van der Waals surface area contributed by atoms with Gasteiger partial charge in [0, 0.05) is 18.4 Å². The van der Waals surface area contributed by atoms with E-state index in [1.165, 1.54) is 19.3 Å². The maximum Gasteiger partial charge on any atom is 0.246 e. The number of nitrogens with zero attached hydrogens (tertiary/aromatic N) is 1. The topological polar surface area (TPSA) is 41.6 Å². The zero-order valence-electron chi connectivity index (χ0n) is 15.2. The van der Waals surface area contributed by atoms with Crippen molar-refractivity contribution >= 4 is 17.3 Å². The minimum absolute atomic E-state index is 0.0162. The Balaban J connectivity index is 1.74. The molecule has 4 nitrogen and oxygen atoms in total. The van der Waals surface area contributed by atoms with E-state index in [1.807, 2.05) is 54.6 Å². The SMILES string of the molecule is CCCCCCOc1ccc(NCC(=O)N(C)c2ccccc2)cc1. The van der Waals surface area contributed by atoms with E-state index in [9.17, 15) is 4.79 Å². The Labute approximate surface area is 150 Å². The molecule has 0 aliphatic heterocycles. The van der Waals surface area contributed by atoms with Gasteiger partial charge in [-0.15, -0.1) is 0 Å². The summed E-state index contributed by atoms with van der Waals surface area (Å²) in [5, 5.41) is 3.16. The second-order valence-corrected chi connectivity index (χ2v) is 6.08. The van der Waals surface area contributed by atoms with Crippen molar-refractivity contribution in [3.63, 3.8) is 0 Å².